The van der Waals surface area contributed by atoms with Gasteiger partial charge in [0.15, 0.2) is 0 Å². The van der Waals surface area contributed by atoms with E-state index < -0.39 is 12.0 Å². The Morgan fingerprint density at radius 3 is 2.55 bits per heavy atom. The van der Waals surface area contributed by atoms with E-state index in [2.05, 4.69) is 9.89 Å². The number of piperidine rings is 1. The van der Waals surface area contributed by atoms with Crippen molar-refractivity contribution < 1.29 is 14.7 Å². The van der Waals surface area contributed by atoms with E-state index in [-0.39, 0.29) is 18.4 Å². The third-order valence-corrected chi connectivity index (χ3v) is 3.83. The molecular weight excluding hydrogens is 258 g/mol. The summed E-state index contributed by atoms with van der Waals surface area (Å²) in [4.78, 5) is 28.7. The van der Waals surface area contributed by atoms with Crippen LogP contribution in [0.5, 0.6) is 0 Å². The lowest BCUT2D eigenvalue weighted by atomic mass is 9.88. The fourth-order valence-electron chi connectivity index (χ4n) is 2.88. The van der Waals surface area contributed by atoms with Gasteiger partial charge in [-0.2, -0.15) is 0 Å². The first-order valence-electron chi connectivity index (χ1n) is 7.01. The lowest BCUT2D eigenvalue weighted by Crippen LogP contribution is -2.52. The number of carboxylic acids is 1. The van der Waals surface area contributed by atoms with Crippen LogP contribution < -0.4 is 5.73 Å². The molecule has 1 fully saturated rings. The number of hydrogen-bond donors (Lipinski definition) is 2. The van der Waals surface area contributed by atoms with E-state index in [4.69, 9.17) is 5.73 Å². The van der Waals surface area contributed by atoms with Crippen molar-refractivity contribution in [2.45, 2.75) is 44.7 Å². The molecular formula is C14H21N3O3. The van der Waals surface area contributed by atoms with Gasteiger partial charge in [0.1, 0.15) is 0 Å². The number of likely N-dealkylation sites (tertiary alicyclic amines) is 1. The summed E-state index contributed by atoms with van der Waals surface area (Å²) >= 11 is 0. The highest BCUT2D eigenvalue weighted by molar-refractivity contribution is 6.05. The van der Waals surface area contributed by atoms with Crippen molar-refractivity contribution in [1.29, 1.82) is 0 Å². The molecule has 0 spiro atoms. The van der Waals surface area contributed by atoms with Crippen molar-refractivity contribution in [3.8, 4) is 0 Å². The van der Waals surface area contributed by atoms with Gasteiger partial charge >= 0.3 is 5.97 Å². The molecule has 3 N–H and O–H groups in total. The molecule has 0 aromatic carbocycles. The van der Waals surface area contributed by atoms with Crippen molar-refractivity contribution in [1.82, 2.24) is 4.90 Å². The summed E-state index contributed by atoms with van der Waals surface area (Å²) in [5, 5.41) is 9.19. The SMILES string of the molecule is CC(=O)N=C1[C@@H](N)CC(C(=O)O)=C[C@@H]1N1CCCCC1. The maximum absolute atomic E-state index is 11.3. The monoisotopic (exact) mass is 279 g/mol. The summed E-state index contributed by atoms with van der Waals surface area (Å²) in [6.07, 6.45) is 5.28. The van der Waals surface area contributed by atoms with E-state index in [0.29, 0.717) is 11.3 Å². The molecule has 2 atom stereocenters. The van der Waals surface area contributed by atoms with E-state index in [9.17, 15) is 14.7 Å². The average molecular weight is 279 g/mol. The van der Waals surface area contributed by atoms with Crippen LogP contribution in [0.25, 0.3) is 0 Å². The number of carbonyl (C=O) groups is 2. The van der Waals surface area contributed by atoms with Crippen molar-refractivity contribution in [2.75, 3.05) is 13.1 Å². The number of hydrogen-bond acceptors (Lipinski definition) is 4. The van der Waals surface area contributed by atoms with Crippen molar-refractivity contribution >= 4 is 17.6 Å². The van der Waals surface area contributed by atoms with Crippen molar-refractivity contribution in [3.05, 3.63) is 11.6 Å². The Hall–Kier alpha value is -1.53. The lowest BCUT2D eigenvalue weighted by Gasteiger charge is -2.37. The molecule has 6 nitrogen and oxygen atoms in total. The Kier molecular flexibility index (Phi) is 4.67. The van der Waals surface area contributed by atoms with Crippen LogP contribution in [0.2, 0.25) is 0 Å². The third kappa shape index (κ3) is 3.32. The Balaban J connectivity index is 2.34. The molecule has 2 rings (SSSR count). The molecule has 1 aliphatic heterocycles. The minimum absolute atomic E-state index is 0.228. The smallest absolute Gasteiger partial charge is 0.331 e. The minimum atomic E-state index is -0.940. The summed E-state index contributed by atoms with van der Waals surface area (Å²) < 4.78 is 0. The van der Waals surface area contributed by atoms with Crippen LogP contribution in [-0.4, -0.2) is 52.8 Å². The van der Waals surface area contributed by atoms with Crippen LogP contribution in [0.3, 0.4) is 0 Å². The predicted molar refractivity (Wildman–Crippen MR) is 75.6 cm³/mol. The van der Waals surface area contributed by atoms with Gasteiger partial charge < -0.3 is 10.8 Å². The Morgan fingerprint density at radius 2 is 2.00 bits per heavy atom. The molecule has 20 heavy (non-hydrogen) atoms. The van der Waals surface area contributed by atoms with Crippen LogP contribution in [0.4, 0.5) is 0 Å². The molecule has 6 heteroatoms. The Bertz CT molecular complexity index is 464. The molecule has 110 valence electrons. The van der Waals surface area contributed by atoms with Crippen molar-refractivity contribution in [2.24, 2.45) is 10.7 Å². The van der Waals surface area contributed by atoms with Gasteiger partial charge in [-0.3, -0.25) is 9.69 Å². The molecule has 0 radical (unpaired) electrons. The van der Waals surface area contributed by atoms with Gasteiger partial charge in [0, 0.05) is 18.5 Å². The summed E-state index contributed by atoms with van der Waals surface area (Å²) in [5.74, 6) is -1.23. The summed E-state index contributed by atoms with van der Waals surface area (Å²) in [6, 6.07) is -0.754. The van der Waals surface area contributed by atoms with Gasteiger partial charge in [0.2, 0.25) is 5.91 Å². The second-order valence-corrected chi connectivity index (χ2v) is 5.40. The standard InChI is InChI=1S/C14H21N3O3/c1-9(18)16-13-11(15)7-10(14(19)20)8-12(13)17-5-3-2-4-6-17/h8,11-12H,2-7,15H2,1H3,(H,19,20)/t11-,12-/m0/s1. The first-order valence-corrected chi connectivity index (χ1v) is 7.01. The van der Waals surface area contributed by atoms with E-state index in [1.807, 2.05) is 0 Å². The van der Waals surface area contributed by atoms with Gasteiger partial charge in [-0.1, -0.05) is 12.5 Å². The summed E-state index contributed by atoms with van der Waals surface area (Å²) in [6.45, 7) is 3.17. The minimum Gasteiger partial charge on any atom is -0.478 e. The maximum atomic E-state index is 11.3. The summed E-state index contributed by atoms with van der Waals surface area (Å²) in [7, 11) is 0. The second-order valence-electron chi connectivity index (χ2n) is 5.40. The van der Waals surface area contributed by atoms with Crippen LogP contribution in [0.15, 0.2) is 16.6 Å². The van der Waals surface area contributed by atoms with Crippen LogP contribution >= 0.6 is 0 Å². The number of aliphatic carboxylic acids is 1. The first-order chi connectivity index (χ1) is 9.49. The molecule has 0 aromatic heterocycles. The number of carbonyl (C=O) groups excluding carboxylic acids is 1. The summed E-state index contributed by atoms with van der Waals surface area (Å²) in [5.41, 5.74) is 6.96. The molecule has 0 saturated carbocycles. The number of aliphatic imine (C=N–C) groups is 1. The van der Waals surface area contributed by atoms with Gasteiger partial charge in [0.05, 0.1) is 11.8 Å². The molecule has 1 saturated heterocycles. The molecule has 0 unspecified atom stereocenters. The highest BCUT2D eigenvalue weighted by atomic mass is 16.4. The molecule has 0 bridgehead atoms. The van der Waals surface area contributed by atoms with E-state index in [0.717, 1.165) is 25.9 Å². The average Bonchev–Trinajstić information content (AvgIpc) is 2.41. The van der Waals surface area contributed by atoms with Gasteiger partial charge in [-0.25, -0.2) is 9.79 Å². The predicted octanol–water partition coefficient (Wildman–Crippen LogP) is 0.570. The normalized spacial score (nSPS) is 30.1. The molecule has 2 aliphatic rings. The van der Waals surface area contributed by atoms with E-state index in [1.165, 1.54) is 13.3 Å². The quantitative estimate of drug-likeness (QED) is 0.770. The Labute approximate surface area is 118 Å². The Morgan fingerprint density at radius 1 is 1.35 bits per heavy atom. The number of nitrogens with two attached hydrogens (primary N) is 1. The van der Waals surface area contributed by atoms with Crippen molar-refractivity contribution in [3.63, 3.8) is 0 Å². The highest BCUT2D eigenvalue weighted by Crippen LogP contribution is 2.23. The molecule has 1 heterocycles. The number of carboxylic acid groups (broad SMARTS) is 1. The largest absolute Gasteiger partial charge is 0.478 e. The van der Waals surface area contributed by atoms with E-state index >= 15 is 0 Å². The molecule has 1 amide bonds. The number of amides is 1. The third-order valence-electron chi connectivity index (χ3n) is 3.83. The van der Waals surface area contributed by atoms with Gasteiger partial charge in [-0.05, 0) is 32.4 Å². The zero-order valence-corrected chi connectivity index (χ0v) is 11.7. The number of rotatable bonds is 2. The van der Waals surface area contributed by atoms with Crippen LogP contribution in [0.1, 0.15) is 32.6 Å². The van der Waals surface area contributed by atoms with Crippen LogP contribution in [-0.2, 0) is 9.59 Å². The van der Waals surface area contributed by atoms with Gasteiger partial charge in [0.25, 0.3) is 0 Å². The fourth-order valence-corrected chi connectivity index (χ4v) is 2.88. The first kappa shape index (κ1) is 14.9. The van der Waals surface area contributed by atoms with Gasteiger partial charge in [-0.15, -0.1) is 0 Å². The second kappa shape index (κ2) is 6.28. The maximum Gasteiger partial charge on any atom is 0.331 e. The molecule has 0 aromatic rings. The fraction of sp³-hybridized carbons (Fsp3) is 0.643. The van der Waals surface area contributed by atoms with E-state index in [1.54, 1.807) is 6.08 Å². The molecule has 1 aliphatic carbocycles. The topological polar surface area (TPSA) is 96.0 Å². The zero-order chi connectivity index (χ0) is 14.7. The van der Waals surface area contributed by atoms with Crippen LogP contribution in [0, 0.1) is 0 Å². The highest BCUT2D eigenvalue weighted by Gasteiger charge is 2.33. The zero-order valence-electron chi connectivity index (χ0n) is 11.7. The lowest BCUT2D eigenvalue weighted by molar-refractivity contribution is -0.132. The number of nitrogens with zero attached hydrogens (tertiary/aromatic N) is 2.